The largest absolute Gasteiger partial charge is 0.396 e. The molecule has 0 heterocycles. The van der Waals surface area contributed by atoms with Gasteiger partial charge in [0.1, 0.15) is 0 Å². The minimum atomic E-state index is -0.604. The summed E-state index contributed by atoms with van der Waals surface area (Å²) in [6, 6.07) is 20.4. The summed E-state index contributed by atoms with van der Waals surface area (Å²) in [6.07, 6.45) is 1.83. The first-order valence-electron chi connectivity index (χ1n) is 12.6. The Morgan fingerprint density at radius 3 is 2.12 bits per heavy atom. The SMILES string of the molecule is C[C@]1(CO)[C@H]2CC[C@@H](O)[C@@H](CC(=O)NCC(c3ccccc3)c3ccccc3)[C@]2(C)CC[C@H]1O. The number of rotatable bonds is 7. The highest BCUT2D eigenvalue weighted by atomic mass is 16.3. The average Bonchev–Trinajstić information content (AvgIpc) is 2.85. The lowest BCUT2D eigenvalue weighted by Gasteiger charge is -2.60. The van der Waals surface area contributed by atoms with Crippen LogP contribution in [0.2, 0.25) is 0 Å². The molecule has 0 aliphatic heterocycles. The lowest BCUT2D eigenvalue weighted by molar-refractivity contribution is -0.185. The molecule has 0 saturated heterocycles. The van der Waals surface area contributed by atoms with Crippen LogP contribution in [0.25, 0.3) is 0 Å². The molecule has 2 aliphatic rings. The highest BCUT2D eigenvalue weighted by Gasteiger charge is 2.59. The van der Waals surface area contributed by atoms with Crippen molar-refractivity contribution in [2.45, 2.75) is 64.1 Å². The Morgan fingerprint density at radius 1 is 0.971 bits per heavy atom. The van der Waals surface area contributed by atoms with Gasteiger partial charge < -0.3 is 20.6 Å². The van der Waals surface area contributed by atoms with E-state index in [-0.39, 0.29) is 42.1 Å². The highest BCUT2D eigenvalue weighted by Crippen LogP contribution is 2.60. The third-order valence-electron chi connectivity index (χ3n) is 9.03. The van der Waals surface area contributed by atoms with Crippen molar-refractivity contribution in [2.75, 3.05) is 13.2 Å². The van der Waals surface area contributed by atoms with E-state index in [2.05, 4.69) is 36.5 Å². The highest BCUT2D eigenvalue weighted by molar-refractivity contribution is 5.76. The van der Waals surface area contributed by atoms with E-state index in [0.29, 0.717) is 19.4 Å². The van der Waals surface area contributed by atoms with Crippen molar-refractivity contribution in [3.63, 3.8) is 0 Å². The molecule has 2 aliphatic carbocycles. The molecule has 2 aromatic rings. The number of hydrogen-bond donors (Lipinski definition) is 4. The average molecular weight is 466 g/mol. The molecule has 4 rings (SSSR count). The zero-order valence-electron chi connectivity index (χ0n) is 20.4. The van der Waals surface area contributed by atoms with Crippen molar-refractivity contribution < 1.29 is 20.1 Å². The molecule has 5 heteroatoms. The van der Waals surface area contributed by atoms with Crippen LogP contribution in [0.4, 0.5) is 0 Å². The molecular formula is C29H39NO4. The summed E-state index contributed by atoms with van der Waals surface area (Å²) in [6.45, 7) is 4.51. The quantitative estimate of drug-likeness (QED) is 0.500. The Bertz CT molecular complexity index is 912. The van der Waals surface area contributed by atoms with Crippen LogP contribution in [-0.2, 0) is 4.79 Å². The van der Waals surface area contributed by atoms with E-state index < -0.39 is 17.6 Å². The van der Waals surface area contributed by atoms with Crippen LogP contribution in [0.5, 0.6) is 0 Å². The summed E-state index contributed by atoms with van der Waals surface area (Å²) in [5.74, 6) is -0.138. The van der Waals surface area contributed by atoms with Gasteiger partial charge in [0, 0.05) is 24.3 Å². The second-order valence-electron chi connectivity index (χ2n) is 10.9. The van der Waals surface area contributed by atoms with E-state index >= 15 is 0 Å². The van der Waals surface area contributed by atoms with Crippen LogP contribution in [0.1, 0.15) is 63.0 Å². The van der Waals surface area contributed by atoms with Gasteiger partial charge in [0.2, 0.25) is 5.91 Å². The summed E-state index contributed by atoms with van der Waals surface area (Å²) in [5, 5.41) is 35.0. The lowest BCUT2D eigenvalue weighted by atomic mass is 9.46. The second-order valence-corrected chi connectivity index (χ2v) is 10.9. The second kappa shape index (κ2) is 10.2. The number of nitrogens with one attached hydrogen (secondary N) is 1. The zero-order chi connectivity index (χ0) is 24.3. The third kappa shape index (κ3) is 4.66. The van der Waals surface area contributed by atoms with Crippen molar-refractivity contribution in [3.8, 4) is 0 Å². The first kappa shape index (κ1) is 24.9. The fraction of sp³-hybridized carbons (Fsp3) is 0.552. The summed E-state index contributed by atoms with van der Waals surface area (Å²) in [5.41, 5.74) is 1.40. The fourth-order valence-electron chi connectivity index (χ4n) is 6.89. The predicted molar refractivity (Wildman–Crippen MR) is 133 cm³/mol. The molecule has 5 nitrogen and oxygen atoms in total. The summed E-state index contributed by atoms with van der Waals surface area (Å²) >= 11 is 0. The Hall–Kier alpha value is -2.21. The molecule has 184 valence electrons. The van der Waals surface area contributed by atoms with Crippen LogP contribution in [0.15, 0.2) is 60.7 Å². The number of aliphatic hydroxyl groups excluding tert-OH is 3. The van der Waals surface area contributed by atoms with Crippen molar-refractivity contribution in [1.82, 2.24) is 5.32 Å². The van der Waals surface area contributed by atoms with Gasteiger partial charge in [-0.1, -0.05) is 74.5 Å². The molecule has 0 aromatic heterocycles. The number of fused-ring (bicyclic) bond motifs is 1. The molecule has 0 unspecified atom stereocenters. The number of aliphatic hydroxyl groups is 3. The van der Waals surface area contributed by atoms with Crippen molar-refractivity contribution in [2.24, 2.45) is 22.7 Å². The van der Waals surface area contributed by atoms with Gasteiger partial charge >= 0.3 is 0 Å². The molecule has 0 radical (unpaired) electrons. The van der Waals surface area contributed by atoms with Gasteiger partial charge in [-0.05, 0) is 54.1 Å². The van der Waals surface area contributed by atoms with Crippen LogP contribution in [0, 0.1) is 22.7 Å². The molecule has 2 saturated carbocycles. The van der Waals surface area contributed by atoms with Gasteiger partial charge in [-0.25, -0.2) is 0 Å². The Kier molecular flexibility index (Phi) is 7.46. The molecule has 34 heavy (non-hydrogen) atoms. The van der Waals surface area contributed by atoms with E-state index in [1.165, 1.54) is 0 Å². The molecule has 1 amide bonds. The van der Waals surface area contributed by atoms with Gasteiger partial charge in [-0.15, -0.1) is 0 Å². The predicted octanol–water partition coefficient (Wildman–Crippen LogP) is 3.87. The van der Waals surface area contributed by atoms with E-state index in [0.717, 1.165) is 24.0 Å². The Morgan fingerprint density at radius 2 is 1.56 bits per heavy atom. The maximum atomic E-state index is 13.2. The molecule has 0 bridgehead atoms. The topological polar surface area (TPSA) is 89.8 Å². The maximum Gasteiger partial charge on any atom is 0.220 e. The number of benzene rings is 2. The number of amides is 1. The van der Waals surface area contributed by atoms with Crippen LogP contribution >= 0.6 is 0 Å². The smallest absolute Gasteiger partial charge is 0.220 e. The van der Waals surface area contributed by atoms with Gasteiger partial charge in [0.25, 0.3) is 0 Å². The van der Waals surface area contributed by atoms with E-state index in [1.54, 1.807) is 0 Å². The zero-order valence-corrected chi connectivity index (χ0v) is 20.4. The van der Waals surface area contributed by atoms with Crippen molar-refractivity contribution in [3.05, 3.63) is 71.8 Å². The van der Waals surface area contributed by atoms with Crippen LogP contribution in [-0.4, -0.2) is 46.6 Å². The Balaban J connectivity index is 1.49. The molecule has 6 atom stereocenters. The first-order valence-corrected chi connectivity index (χ1v) is 12.6. The third-order valence-corrected chi connectivity index (χ3v) is 9.03. The van der Waals surface area contributed by atoms with Crippen LogP contribution < -0.4 is 5.32 Å². The van der Waals surface area contributed by atoms with Gasteiger partial charge in [-0.3, -0.25) is 4.79 Å². The number of carbonyl (C=O) groups excluding carboxylic acids is 1. The Labute approximate surface area is 203 Å². The van der Waals surface area contributed by atoms with E-state index in [1.807, 2.05) is 43.3 Å². The maximum absolute atomic E-state index is 13.2. The van der Waals surface area contributed by atoms with Gasteiger partial charge in [-0.2, -0.15) is 0 Å². The van der Waals surface area contributed by atoms with Gasteiger partial charge in [0.15, 0.2) is 0 Å². The number of carbonyl (C=O) groups is 1. The molecule has 2 fully saturated rings. The minimum Gasteiger partial charge on any atom is -0.396 e. The fourth-order valence-corrected chi connectivity index (χ4v) is 6.89. The van der Waals surface area contributed by atoms with Crippen LogP contribution in [0.3, 0.4) is 0 Å². The number of hydrogen-bond acceptors (Lipinski definition) is 4. The molecule has 0 spiro atoms. The lowest BCUT2D eigenvalue weighted by Crippen LogP contribution is -2.60. The normalized spacial score (nSPS) is 33.4. The molecule has 2 aromatic carbocycles. The van der Waals surface area contributed by atoms with Crippen molar-refractivity contribution in [1.29, 1.82) is 0 Å². The van der Waals surface area contributed by atoms with Gasteiger partial charge in [0.05, 0.1) is 18.8 Å². The summed E-state index contributed by atoms with van der Waals surface area (Å²) in [4.78, 5) is 13.2. The first-order chi connectivity index (χ1) is 16.3. The summed E-state index contributed by atoms with van der Waals surface area (Å²) < 4.78 is 0. The molecule has 4 N–H and O–H groups in total. The monoisotopic (exact) mass is 465 g/mol. The standard InChI is InChI=1S/C29H39NO4/c1-28-16-15-26(33)29(2,19-31)25(28)14-13-24(32)23(28)17-27(34)30-18-22(20-9-5-3-6-10-20)21-11-7-4-8-12-21/h3-12,22-26,31-33H,13-19H2,1-2H3,(H,30,34)/t23-,24-,25+,26-,28+,29+/m1/s1. The summed E-state index contributed by atoms with van der Waals surface area (Å²) in [7, 11) is 0. The van der Waals surface area contributed by atoms with E-state index in [4.69, 9.17) is 0 Å². The molecular weight excluding hydrogens is 426 g/mol. The van der Waals surface area contributed by atoms with Crippen molar-refractivity contribution >= 4 is 5.91 Å². The van der Waals surface area contributed by atoms with E-state index in [9.17, 15) is 20.1 Å². The minimum absolute atomic E-state index is 0.0495.